The summed E-state index contributed by atoms with van der Waals surface area (Å²) in [7, 11) is -3.77. The molecule has 4 nitrogen and oxygen atoms in total. The van der Waals surface area contributed by atoms with Crippen LogP contribution < -0.4 is 4.72 Å². The van der Waals surface area contributed by atoms with Crippen LogP contribution in [0.5, 0.6) is 0 Å². The molecule has 8 heteroatoms. The van der Waals surface area contributed by atoms with Crippen LogP contribution in [0.1, 0.15) is 12.8 Å². The van der Waals surface area contributed by atoms with Crippen LogP contribution in [0.3, 0.4) is 0 Å². The van der Waals surface area contributed by atoms with Gasteiger partial charge in [0.1, 0.15) is 4.90 Å². The van der Waals surface area contributed by atoms with Crippen LogP contribution in [-0.2, 0) is 10.0 Å². The Hall–Kier alpha value is -0.0400. The zero-order valence-electron chi connectivity index (χ0n) is 9.29. The number of rotatable bonds is 6. The first-order valence-corrected chi connectivity index (χ1v) is 7.75. The van der Waals surface area contributed by atoms with Crippen molar-refractivity contribution in [1.82, 2.24) is 4.72 Å². The molecule has 0 fully saturated rings. The maximum absolute atomic E-state index is 12.0. The lowest BCUT2D eigenvalue weighted by Gasteiger charge is -2.10. The quantitative estimate of drug-likeness (QED) is 0.787. The predicted octanol–water partition coefficient (Wildman–Crippen LogP) is 2.70. The molecular weight excluding hydrogens is 321 g/mol. The van der Waals surface area contributed by atoms with E-state index in [4.69, 9.17) is 39.9 Å². The minimum atomic E-state index is -3.77. The van der Waals surface area contributed by atoms with E-state index in [9.17, 15) is 8.42 Å². The van der Waals surface area contributed by atoms with E-state index in [1.54, 1.807) is 0 Å². The van der Waals surface area contributed by atoms with E-state index < -0.39 is 10.0 Å². The molecule has 1 rings (SSSR count). The molecule has 0 radical (unpaired) electrons. The van der Waals surface area contributed by atoms with Crippen LogP contribution in [0, 0.1) is 0 Å². The molecule has 0 aliphatic carbocycles. The van der Waals surface area contributed by atoms with Crippen LogP contribution in [0.2, 0.25) is 15.1 Å². The van der Waals surface area contributed by atoms with E-state index >= 15 is 0 Å². The zero-order valence-corrected chi connectivity index (χ0v) is 12.4. The average Bonchev–Trinajstić information content (AvgIpc) is 2.22. The lowest BCUT2D eigenvalue weighted by molar-refractivity contribution is 0.285. The van der Waals surface area contributed by atoms with Crippen molar-refractivity contribution in [2.24, 2.45) is 0 Å². The van der Waals surface area contributed by atoms with E-state index in [-0.39, 0.29) is 33.1 Å². The van der Waals surface area contributed by atoms with Crippen molar-refractivity contribution in [2.75, 3.05) is 13.2 Å². The highest BCUT2D eigenvalue weighted by molar-refractivity contribution is 7.89. The van der Waals surface area contributed by atoms with E-state index in [1.165, 1.54) is 12.1 Å². The highest BCUT2D eigenvalue weighted by atomic mass is 35.5. The fraction of sp³-hybridized carbons (Fsp3) is 0.400. The van der Waals surface area contributed by atoms with Gasteiger partial charge in [0.25, 0.3) is 0 Å². The molecule has 0 unspecified atom stereocenters. The number of aliphatic hydroxyl groups excluding tert-OH is 1. The summed E-state index contributed by atoms with van der Waals surface area (Å²) in [5.74, 6) is 0. The molecule has 0 bridgehead atoms. The Bertz CT molecular complexity index is 496. The molecule has 0 aliphatic heterocycles. The van der Waals surface area contributed by atoms with Crippen LogP contribution in [0.4, 0.5) is 0 Å². The Morgan fingerprint density at radius 1 is 1.11 bits per heavy atom. The molecule has 0 saturated carbocycles. The summed E-state index contributed by atoms with van der Waals surface area (Å²) in [5, 5.41) is 8.81. The normalized spacial score (nSPS) is 11.8. The van der Waals surface area contributed by atoms with Gasteiger partial charge in [0.2, 0.25) is 10.0 Å². The summed E-state index contributed by atoms with van der Waals surface area (Å²) in [6, 6.07) is 2.63. The topological polar surface area (TPSA) is 66.4 Å². The molecule has 0 aliphatic rings. The molecule has 0 saturated heterocycles. The minimum Gasteiger partial charge on any atom is -0.396 e. The number of hydrogen-bond acceptors (Lipinski definition) is 3. The number of sulfonamides is 1. The van der Waals surface area contributed by atoms with Crippen molar-refractivity contribution < 1.29 is 13.5 Å². The Morgan fingerprint density at radius 3 is 2.17 bits per heavy atom. The molecular formula is C10H12Cl3NO3S. The predicted molar refractivity (Wildman–Crippen MR) is 73.0 cm³/mol. The van der Waals surface area contributed by atoms with Crippen LogP contribution in [0.25, 0.3) is 0 Å². The Labute approximate surface area is 121 Å². The third-order valence-electron chi connectivity index (χ3n) is 2.11. The fourth-order valence-corrected chi connectivity index (χ4v) is 3.92. The van der Waals surface area contributed by atoms with Crippen molar-refractivity contribution >= 4 is 44.8 Å². The third-order valence-corrected chi connectivity index (χ3v) is 4.71. The van der Waals surface area contributed by atoms with E-state index in [2.05, 4.69) is 4.72 Å². The minimum absolute atomic E-state index is 0.0180. The number of halogens is 3. The highest BCUT2D eigenvalue weighted by Crippen LogP contribution is 2.32. The SMILES string of the molecule is O=S(=O)(NCCCCO)c1c(Cl)cc(Cl)cc1Cl. The largest absolute Gasteiger partial charge is 0.396 e. The molecule has 102 valence electrons. The van der Waals surface area contributed by atoms with E-state index in [1.807, 2.05) is 0 Å². The molecule has 0 aromatic heterocycles. The van der Waals surface area contributed by atoms with Gasteiger partial charge in [-0.1, -0.05) is 34.8 Å². The van der Waals surface area contributed by atoms with Crippen molar-refractivity contribution in [1.29, 1.82) is 0 Å². The Morgan fingerprint density at radius 2 is 1.67 bits per heavy atom. The van der Waals surface area contributed by atoms with Gasteiger partial charge in [0, 0.05) is 18.2 Å². The average molecular weight is 333 g/mol. The highest BCUT2D eigenvalue weighted by Gasteiger charge is 2.21. The van der Waals surface area contributed by atoms with Crippen molar-refractivity contribution in [3.63, 3.8) is 0 Å². The van der Waals surface area contributed by atoms with E-state index in [0.29, 0.717) is 12.8 Å². The van der Waals surface area contributed by atoms with E-state index in [0.717, 1.165) is 0 Å². The molecule has 18 heavy (non-hydrogen) atoms. The fourth-order valence-electron chi connectivity index (χ4n) is 1.30. The Kier molecular flexibility index (Phi) is 6.17. The monoisotopic (exact) mass is 331 g/mol. The van der Waals surface area contributed by atoms with Gasteiger partial charge < -0.3 is 5.11 Å². The first-order chi connectivity index (χ1) is 8.38. The van der Waals surface area contributed by atoms with Gasteiger partial charge in [0.15, 0.2) is 0 Å². The van der Waals surface area contributed by atoms with Crippen LogP contribution in [-0.4, -0.2) is 26.7 Å². The first-order valence-electron chi connectivity index (χ1n) is 5.13. The van der Waals surface area contributed by atoms with Gasteiger partial charge >= 0.3 is 0 Å². The zero-order chi connectivity index (χ0) is 13.8. The van der Waals surface area contributed by atoms with Crippen molar-refractivity contribution in [3.05, 3.63) is 27.2 Å². The lowest BCUT2D eigenvalue weighted by atomic mass is 10.3. The van der Waals surface area contributed by atoms with Gasteiger partial charge in [-0.2, -0.15) is 0 Å². The maximum atomic E-state index is 12.0. The van der Waals surface area contributed by atoms with Gasteiger partial charge in [-0.15, -0.1) is 0 Å². The molecule has 2 N–H and O–H groups in total. The van der Waals surface area contributed by atoms with Crippen LogP contribution in [0.15, 0.2) is 17.0 Å². The second kappa shape index (κ2) is 6.93. The standard InChI is InChI=1S/C10H12Cl3NO3S/c11-7-5-8(12)10(9(13)6-7)18(16,17)14-3-1-2-4-15/h5-6,14-15H,1-4H2. The summed E-state index contributed by atoms with van der Waals surface area (Å²) in [5.41, 5.74) is 0. The van der Waals surface area contributed by atoms with Gasteiger partial charge in [-0.25, -0.2) is 13.1 Å². The molecule has 1 aromatic carbocycles. The number of benzene rings is 1. The van der Waals surface area contributed by atoms with Crippen molar-refractivity contribution in [2.45, 2.75) is 17.7 Å². The summed E-state index contributed by atoms with van der Waals surface area (Å²) >= 11 is 17.4. The molecule has 0 heterocycles. The number of unbranched alkanes of at least 4 members (excludes halogenated alkanes) is 1. The summed E-state index contributed by atoms with van der Waals surface area (Å²) in [6.45, 7) is 0.225. The van der Waals surface area contributed by atoms with Crippen molar-refractivity contribution in [3.8, 4) is 0 Å². The molecule has 0 spiro atoms. The maximum Gasteiger partial charge on any atom is 0.243 e. The Balaban J connectivity index is 2.92. The van der Waals surface area contributed by atoms with Gasteiger partial charge in [-0.05, 0) is 25.0 Å². The van der Waals surface area contributed by atoms with Crippen LogP contribution >= 0.6 is 34.8 Å². The summed E-state index contributed by atoms with van der Waals surface area (Å²) < 4.78 is 26.3. The second-order valence-electron chi connectivity index (χ2n) is 3.53. The summed E-state index contributed by atoms with van der Waals surface area (Å²) in [4.78, 5) is -0.181. The number of hydrogen-bond donors (Lipinski definition) is 2. The molecule has 1 aromatic rings. The first kappa shape index (κ1) is 16.0. The molecule has 0 atom stereocenters. The number of aliphatic hydroxyl groups is 1. The second-order valence-corrected chi connectivity index (χ2v) is 6.48. The number of nitrogens with one attached hydrogen (secondary N) is 1. The molecule has 0 amide bonds. The summed E-state index contributed by atoms with van der Waals surface area (Å²) in [6.07, 6.45) is 1.04. The smallest absolute Gasteiger partial charge is 0.243 e. The van der Waals surface area contributed by atoms with Gasteiger partial charge in [-0.3, -0.25) is 0 Å². The lowest BCUT2D eigenvalue weighted by Crippen LogP contribution is -2.25. The third kappa shape index (κ3) is 4.26. The van der Waals surface area contributed by atoms with Gasteiger partial charge in [0.05, 0.1) is 10.0 Å².